The lowest BCUT2D eigenvalue weighted by Gasteiger charge is -2.32. The molecule has 0 bridgehead atoms. The Bertz CT molecular complexity index is 761. The Kier molecular flexibility index (Phi) is 6.07. The van der Waals surface area contributed by atoms with E-state index >= 15 is 0 Å². The van der Waals surface area contributed by atoms with Crippen LogP contribution in [0.5, 0.6) is 0 Å². The van der Waals surface area contributed by atoms with Crippen LogP contribution in [0.4, 0.5) is 11.5 Å². The second-order valence-electron chi connectivity index (χ2n) is 6.26. The molecule has 0 unspecified atom stereocenters. The third-order valence-electron chi connectivity index (χ3n) is 4.47. The quantitative estimate of drug-likeness (QED) is 0.809. The van der Waals surface area contributed by atoms with Crippen LogP contribution in [0.2, 0.25) is 5.02 Å². The molecule has 1 aliphatic rings. The van der Waals surface area contributed by atoms with Crippen molar-refractivity contribution in [1.82, 2.24) is 10.3 Å². The molecule has 0 aliphatic carbocycles. The summed E-state index contributed by atoms with van der Waals surface area (Å²) in [6, 6.07) is 12.7. The van der Waals surface area contributed by atoms with Gasteiger partial charge in [-0.1, -0.05) is 29.8 Å². The summed E-state index contributed by atoms with van der Waals surface area (Å²) in [5.74, 6) is -0.0118. The average Bonchev–Trinajstić information content (AvgIpc) is 2.69. The SMILES string of the molecule is O=C(NCC1CCN(c2ccccn2)CC1)C(=O)Nc1ccccc1Cl. The number of anilines is 2. The molecule has 0 saturated carbocycles. The molecule has 1 aromatic carbocycles. The molecule has 7 heteroatoms. The van der Waals surface area contributed by atoms with Crippen molar-refractivity contribution in [2.45, 2.75) is 12.8 Å². The molecule has 3 rings (SSSR count). The zero-order chi connectivity index (χ0) is 18.4. The van der Waals surface area contributed by atoms with Gasteiger partial charge < -0.3 is 15.5 Å². The second-order valence-corrected chi connectivity index (χ2v) is 6.67. The first-order valence-corrected chi connectivity index (χ1v) is 9.01. The minimum atomic E-state index is -0.705. The minimum Gasteiger partial charge on any atom is -0.357 e. The van der Waals surface area contributed by atoms with Crippen molar-refractivity contribution in [3.63, 3.8) is 0 Å². The molecule has 2 heterocycles. The lowest BCUT2D eigenvalue weighted by molar-refractivity contribution is -0.136. The van der Waals surface area contributed by atoms with Crippen LogP contribution in [0, 0.1) is 5.92 Å². The smallest absolute Gasteiger partial charge is 0.313 e. The van der Waals surface area contributed by atoms with E-state index in [1.54, 1.807) is 30.5 Å². The Labute approximate surface area is 157 Å². The number of pyridine rings is 1. The molecule has 2 amide bonds. The van der Waals surface area contributed by atoms with Crippen LogP contribution in [0.1, 0.15) is 12.8 Å². The maximum absolute atomic E-state index is 12.0. The highest BCUT2D eigenvalue weighted by Gasteiger charge is 2.22. The van der Waals surface area contributed by atoms with Gasteiger partial charge in [-0.25, -0.2) is 4.98 Å². The number of benzene rings is 1. The molecule has 1 aromatic heterocycles. The van der Waals surface area contributed by atoms with Crippen LogP contribution >= 0.6 is 11.6 Å². The first-order valence-electron chi connectivity index (χ1n) is 8.63. The molecule has 1 saturated heterocycles. The minimum absolute atomic E-state index is 0.354. The summed E-state index contributed by atoms with van der Waals surface area (Å²) < 4.78 is 0. The highest BCUT2D eigenvalue weighted by Crippen LogP contribution is 2.21. The highest BCUT2D eigenvalue weighted by atomic mass is 35.5. The van der Waals surface area contributed by atoms with Crippen molar-refractivity contribution in [1.29, 1.82) is 0 Å². The zero-order valence-electron chi connectivity index (χ0n) is 14.3. The molecular formula is C19H21ClN4O2. The number of hydrogen-bond donors (Lipinski definition) is 2. The largest absolute Gasteiger partial charge is 0.357 e. The Hall–Kier alpha value is -2.60. The molecule has 1 fully saturated rings. The molecule has 0 spiro atoms. The number of piperidine rings is 1. The summed E-state index contributed by atoms with van der Waals surface area (Å²) in [5, 5.41) is 5.64. The number of carbonyl (C=O) groups is 2. The predicted molar refractivity (Wildman–Crippen MR) is 102 cm³/mol. The third-order valence-corrected chi connectivity index (χ3v) is 4.80. The van der Waals surface area contributed by atoms with E-state index in [-0.39, 0.29) is 0 Å². The third kappa shape index (κ3) is 4.73. The molecular weight excluding hydrogens is 352 g/mol. The average molecular weight is 373 g/mol. The summed E-state index contributed by atoms with van der Waals surface area (Å²) in [4.78, 5) is 30.6. The van der Waals surface area contributed by atoms with E-state index in [4.69, 9.17) is 11.6 Å². The van der Waals surface area contributed by atoms with E-state index in [9.17, 15) is 9.59 Å². The van der Waals surface area contributed by atoms with E-state index in [1.807, 2.05) is 18.2 Å². The van der Waals surface area contributed by atoms with Crippen molar-refractivity contribution in [3.05, 3.63) is 53.7 Å². The first kappa shape index (κ1) is 18.2. The Morgan fingerprint density at radius 3 is 2.50 bits per heavy atom. The van der Waals surface area contributed by atoms with Crippen molar-refractivity contribution in [2.75, 3.05) is 29.9 Å². The predicted octanol–water partition coefficient (Wildman–Crippen LogP) is 2.71. The zero-order valence-corrected chi connectivity index (χ0v) is 15.1. The molecule has 26 heavy (non-hydrogen) atoms. The Balaban J connectivity index is 1.42. The molecule has 6 nitrogen and oxygen atoms in total. The number of carbonyl (C=O) groups excluding carboxylic acids is 2. The van der Waals surface area contributed by atoms with Gasteiger partial charge in [0.05, 0.1) is 10.7 Å². The number of hydrogen-bond acceptors (Lipinski definition) is 4. The maximum Gasteiger partial charge on any atom is 0.313 e. The fourth-order valence-corrected chi connectivity index (χ4v) is 3.15. The summed E-state index contributed by atoms with van der Waals surface area (Å²) in [7, 11) is 0. The van der Waals surface area contributed by atoms with Gasteiger partial charge in [-0.3, -0.25) is 9.59 Å². The van der Waals surface area contributed by atoms with Crippen molar-refractivity contribution in [3.8, 4) is 0 Å². The summed E-state index contributed by atoms with van der Waals surface area (Å²) >= 11 is 5.98. The van der Waals surface area contributed by atoms with Crippen molar-refractivity contribution >= 4 is 34.9 Å². The number of aromatic nitrogens is 1. The van der Waals surface area contributed by atoms with E-state index < -0.39 is 11.8 Å². The van der Waals surface area contributed by atoms with Crippen molar-refractivity contribution < 1.29 is 9.59 Å². The lowest BCUT2D eigenvalue weighted by Crippen LogP contribution is -2.42. The molecule has 0 atom stereocenters. The number of halogens is 1. The van der Waals surface area contributed by atoms with Crippen LogP contribution in [0.15, 0.2) is 48.7 Å². The Morgan fingerprint density at radius 1 is 1.08 bits per heavy atom. The summed E-state index contributed by atoms with van der Waals surface area (Å²) in [5.41, 5.74) is 0.429. The van der Waals surface area contributed by atoms with Crippen molar-refractivity contribution in [2.24, 2.45) is 5.92 Å². The van der Waals surface area contributed by atoms with Gasteiger partial charge >= 0.3 is 11.8 Å². The molecule has 1 aliphatic heterocycles. The van der Waals surface area contributed by atoms with E-state index in [0.717, 1.165) is 31.7 Å². The highest BCUT2D eigenvalue weighted by molar-refractivity contribution is 6.41. The van der Waals surface area contributed by atoms with Gasteiger partial charge in [-0.15, -0.1) is 0 Å². The van der Waals surface area contributed by atoms with Crippen LogP contribution in [-0.2, 0) is 9.59 Å². The van der Waals surface area contributed by atoms with Gasteiger partial charge in [0.15, 0.2) is 0 Å². The molecule has 2 N–H and O–H groups in total. The van der Waals surface area contributed by atoms with Crippen LogP contribution in [0.25, 0.3) is 0 Å². The number of amides is 2. The maximum atomic E-state index is 12.0. The van der Waals surface area contributed by atoms with Gasteiger partial charge in [0, 0.05) is 25.8 Å². The van der Waals surface area contributed by atoms with Crippen LogP contribution < -0.4 is 15.5 Å². The van der Waals surface area contributed by atoms with Gasteiger partial charge in [0.25, 0.3) is 0 Å². The Morgan fingerprint density at radius 2 is 1.81 bits per heavy atom. The number of rotatable bonds is 4. The molecule has 136 valence electrons. The van der Waals surface area contributed by atoms with Crippen LogP contribution in [-0.4, -0.2) is 36.4 Å². The van der Waals surface area contributed by atoms with Gasteiger partial charge in [-0.05, 0) is 43.0 Å². The number of nitrogens with one attached hydrogen (secondary N) is 2. The normalized spacial score (nSPS) is 14.7. The van der Waals surface area contributed by atoms with Gasteiger partial charge in [-0.2, -0.15) is 0 Å². The fourth-order valence-electron chi connectivity index (χ4n) is 2.97. The first-order chi connectivity index (χ1) is 12.6. The van der Waals surface area contributed by atoms with Crippen LogP contribution in [0.3, 0.4) is 0 Å². The number of para-hydroxylation sites is 1. The lowest BCUT2D eigenvalue weighted by atomic mass is 9.97. The molecule has 2 aromatic rings. The topological polar surface area (TPSA) is 74.3 Å². The standard InChI is InChI=1S/C19H21ClN4O2/c20-15-5-1-2-6-16(15)23-19(26)18(25)22-13-14-8-11-24(12-9-14)17-7-3-4-10-21-17/h1-7,10,14H,8-9,11-13H2,(H,22,25)(H,23,26). The summed E-state index contributed by atoms with van der Waals surface area (Å²) in [6.45, 7) is 2.28. The van der Waals surface area contributed by atoms with E-state index in [0.29, 0.717) is 23.2 Å². The van der Waals surface area contributed by atoms with E-state index in [2.05, 4.69) is 20.5 Å². The van der Waals surface area contributed by atoms with Gasteiger partial charge in [0.2, 0.25) is 0 Å². The second kappa shape index (κ2) is 8.67. The monoisotopic (exact) mass is 372 g/mol. The van der Waals surface area contributed by atoms with E-state index in [1.165, 1.54) is 0 Å². The molecule has 0 radical (unpaired) electrons. The summed E-state index contributed by atoms with van der Waals surface area (Å²) in [6.07, 6.45) is 3.69. The van der Waals surface area contributed by atoms with Gasteiger partial charge in [0.1, 0.15) is 5.82 Å². The fraction of sp³-hybridized carbons (Fsp3) is 0.316. The number of nitrogens with zero attached hydrogens (tertiary/aromatic N) is 2.